The predicted molar refractivity (Wildman–Crippen MR) is 72.7 cm³/mol. The molecule has 5 unspecified atom stereocenters. The summed E-state index contributed by atoms with van der Waals surface area (Å²) in [4.78, 5) is 23.1. The molecule has 0 spiro atoms. The van der Waals surface area contributed by atoms with Crippen LogP contribution in [0.4, 0.5) is 0 Å². The Morgan fingerprint density at radius 2 is 2.05 bits per heavy atom. The molecule has 2 bridgehead atoms. The summed E-state index contributed by atoms with van der Waals surface area (Å²) >= 11 is 0. The molecule has 5 atom stereocenters. The van der Waals surface area contributed by atoms with Crippen LogP contribution in [-0.2, 0) is 19.1 Å². The lowest BCUT2D eigenvalue weighted by atomic mass is 9.61. The Morgan fingerprint density at radius 1 is 1.25 bits per heavy atom. The Kier molecular flexibility index (Phi) is 3.57. The molecule has 4 aliphatic rings. The van der Waals surface area contributed by atoms with E-state index in [0.29, 0.717) is 29.7 Å². The van der Waals surface area contributed by atoms with Crippen LogP contribution in [0.2, 0.25) is 0 Å². The minimum atomic E-state index is -0.287. The molecule has 4 rings (SSSR count). The van der Waals surface area contributed by atoms with Crippen LogP contribution in [0, 0.1) is 17.8 Å². The van der Waals surface area contributed by atoms with E-state index in [0.717, 1.165) is 25.7 Å². The topological polar surface area (TPSA) is 52.6 Å². The van der Waals surface area contributed by atoms with Gasteiger partial charge >= 0.3 is 11.9 Å². The molecule has 4 nitrogen and oxygen atoms in total. The quantitative estimate of drug-likeness (QED) is 0.588. The average molecular weight is 278 g/mol. The molecule has 0 aromatic rings. The fourth-order valence-electron chi connectivity index (χ4n) is 4.15. The van der Waals surface area contributed by atoms with Crippen LogP contribution in [0.3, 0.4) is 0 Å². The van der Waals surface area contributed by atoms with Crippen LogP contribution < -0.4 is 0 Å². The van der Waals surface area contributed by atoms with E-state index in [4.69, 9.17) is 9.47 Å². The number of hydrogen-bond acceptors (Lipinski definition) is 4. The number of carbonyl (C=O) groups excluding carboxylic acids is 2. The van der Waals surface area contributed by atoms with E-state index in [1.54, 1.807) is 6.92 Å². The normalized spacial score (nSPS) is 39.5. The Morgan fingerprint density at radius 3 is 2.65 bits per heavy atom. The van der Waals surface area contributed by atoms with E-state index < -0.39 is 0 Å². The molecule has 0 N–H and O–H groups in total. The summed E-state index contributed by atoms with van der Waals surface area (Å²) in [7, 11) is 0. The van der Waals surface area contributed by atoms with E-state index in [-0.39, 0.29) is 24.1 Å². The van der Waals surface area contributed by atoms with Gasteiger partial charge in [0.05, 0.1) is 0 Å². The number of fused-ring (bicyclic) bond motifs is 3. The van der Waals surface area contributed by atoms with E-state index >= 15 is 0 Å². The number of carbonyl (C=O) groups is 2. The molecule has 110 valence electrons. The van der Waals surface area contributed by atoms with Crippen molar-refractivity contribution in [1.29, 1.82) is 0 Å². The fourth-order valence-corrected chi connectivity index (χ4v) is 4.15. The first kappa shape index (κ1) is 13.7. The SMILES string of the molecule is C=C(C)C(=O)OC1CC2CCC1C(C1CCC(=O)O1)C2. The highest BCUT2D eigenvalue weighted by molar-refractivity contribution is 5.87. The van der Waals surface area contributed by atoms with E-state index in [1.165, 1.54) is 6.42 Å². The summed E-state index contributed by atoms with van der Waals surface area (Å²) in [6.07, 6.45) is 5.76. The maximum atomic E-state index is 11.8. The molecule has 4 heteroatoms. The molecule has 3 aliphatic carbocycles. The highest BCUT2D eigenvalue weighted by Gasteiger charge is 2.48. The zero-order valence-electron chi connectivity index (χ0n) is 12.0. The Hall–Kier alpha value is -1.32. The smallest absolute Gasteiger partial charge is 0.333 e. The molecule has 20 heavy (non-hydrogen) atoms. The van der Waals surface area contributed by atoms with Gasteiger partial charge in [-0.15, -0.1) is 0 Å². The highest BCUT2D eigenvalue weighted by Crippen LogP contribution is 2.49. The van der Waals surface area contributed by atoms with Crippen molar-refractivity contribution in [3.8, 4) is 0 Å². The number of esters is 2. The maximum Gasteiger partial charge on any atom is 0.333 e. The molecule has 3 saturated carbocycles. The van der Waals surface area contributed by atoms with Gasteiger partial charge in [-0.25, -0.2) is 4.79 Å². The monoisotopic (exact) mass is 278 g/mol. The third kappa shape index (κ3) is 2.48. The first-order chi connectivity index (χ1) is 9.54. The minimum Gasteiger partial charge on any atom is -0.462 e. The van der Waals surface area contributed by atoms with Crippen molar-refractivity contribution in [2.45, 2.75) is 57.7 Å². The van der Waals surface area contributed by atoms with Gasteiger partial charge in [0.1, 0.15) is 12.2 Å². The molecule has 1 aliphatic heterocycles. The van der Waals surface area contributed by atoms with Gasteiger partial charge in [-0.2, -0.15) is 0 Å². The second-order valence-electron chi connectivity index (χ2n) is 6.53. The molecule has 1 saturated heterocycles. The second-order valence-corrected chi connectivity index (χ2v) is 6.53. The van der Waals surface area contributed by atoms with Crippen LogP contribution >= 0.6 is 0 Å². The standard InChI is InChI=1S/C16H22O4/c1-9(2)16(18)20-14-8-10-3-4-11(14)12(7-10)13-5-6-15(17)19-13/h10-14H,1,3-8H2,2H3. The Labute approximate surface area is 119 Å². The predicted octanol–water partition coefficient (Wildman–Crippen LogP) is 2.62. The third-order valence-electron chi connectivity index (χ3n) is 5.11. The van der Waals surface area contributed by atoms with Gasteiger partial charge < -0.3 is 9.47 Å². The zero-order chi connectivity index (χ0) is 14.3. The summed E-state index contributed by atoms with van der Waals surface area (Å²) in [6, 6.07) is 0. The summed E-state index contributed by atoms with van der Waals surface area (Å²) < 4.78 is 11.1. The van der Waals surface area contributed by atoms with Crippen LogP contribution in [-0.4, -0.2) is 24.1 Å². The van der Waals surface area contributed by atoms with E-state index in [1.807, 2.05) is 0 Å². The fraction of sp³-hybridized carbons (Fsp3) is 0.750. The summed E-state index contributed by atoms with van der Waals surface area (Å²) in [6.45, 7) is 5.33. The number of ether oxygens (including phenoxy) is 2. The first-order valence-corrected chi connectivity index (χ1v) is 7.60. The van der Waals surface area contributed by atoms with Gasteiger partial charge in [0.2, 0.25) is 0 Å². The van der Waals surface area contributed by atoms with Gasteiger partial charge in [-0.05, 0) is 44.9 Å². The Balaban J connectivity index is 1.70. The highest BCUT2D eigenvalue weighted by atomic mass is 16.6. The molecule has 0 amide bonds. The van der Waals surface area contributed by atoms with E-state index in [2.05, 4.69) is 6.58 Å². The summed E-state index contributed by atoms with van der Waals surface area (Å²) in [5.41, 5.74) is 0.454. The van der Waals surface area contributed by atoms with Crippen molar-refractivity contribution >= 4 is 11.9 Å². The van der Waals surface area contributed by atoms with Crippen LogP contribution in [0.5, 0.6) is 0 Å². The van der Waals surface area contributed by atoms with Crippen molar-refractivity contribution < 1.29 is 19.1 Å². The van der Waals surface area contributed by atoms with Crippen molar-refractivity contribution in [2.75, 3.05) is 0 Å². The van der Waals surface area contributed by atoms with Crippen LogP contribution in [0.25, 0.3) is 0 Å². The average Bonchev–Trinajstić information content (AvgIpc) is 2.85. The molecule has 0 radical (unpaired) electrons. The second kappa shape index (κ2) is 5.23. The minimum absolute atomic E-state index is 0.0176. The first-order valence-electron chi connectivity index (χ1n) is 7.60. The van der Waals surface area contributed by atoms with Gasteiger partial charge in [0.25, 0.3) is 0 Å². The van der Waals surface area contributed by atoms with Gasteiger partial charge in [0.15, 0.2) is 0 Å². The Bertz CT molecular complexity index is 442. The lowest BCUT2D eigenvalue weighted by molar-refractivity contribution is -0.164. The number of rotatable bonds is 3. The lowest BCUT2D eigenvalue weighted by Gasteiger charge is -2.48. The molecule has 1 heterocycles. The number of cyclic esters (lactones) is 1. The zero-order valence-corrected chi connectivity index (χ0v) is 12.0. The maximum absolute atomic E-state index is 11.8. The van der Waals surface area contributed by atoms with Crippen molar-refractivity contribution in [3.05, 3.63) is 12.2 Å². The van der Waals surface area contributed by atoms with Crippen LogP contribution in [0.15, 0.2) is 12.2 Å². The molecule has 0 aromatic carbocycles. The van der Waals surface area contributed by atoms with Gasteiger partial charge in [0, 0.05) is 23.8 Å². The van der Waals surface area contributed by atoms with Crippen molar-refractivity contribution in [3.63, 3.8) is 0 Å². The van der Waals surface area contributed by atoms with Gasteiger partial charge in [-0.3, -0.25) is 4.79 Å². The largest absolute Gasteiger partial charge is 0.462 e. The van der Waals surface area contributed by atoms with Crippen molar-refractivity contribution in [2.24, 2.45) is 17.8 Å². The van der Waals surface area contributed by atoms with E-state index in [9.17, 15) is 9.59 Å². The molecule has 0 aromatic heterocycles. The summed E-state index contributed by atoms with van der Waals surface area (Å²) in [5.74, 6) is 0.958. The number of hydrogen-bond donors (Lipinski definition) is 0. The third-order valence-corrected chi connectivity index (χ3v) is 5.11. The van der Waals surface area contributed by atoms with Crippen molar-refractivity contribution in [1.82, 2.24) is 0 Å². The van der Waals surface area contributed by atoms with Crippen LogP contribution in [0.1, 0.15) is 45.4 Å². The molecule has 4 fully saturated rings. The lowest BCUT2D eigenvalue weighted by Crippen LogP contribution is -2.47. The molecular weight excluding hydrogens is 256 g/mol. The van der Waals surface area contributed by atoms with Gasteiger partial charge in [-0.1, -0.05) is 6.58 Å². The summed E-state index contributed by atoms with van der Waals surface area (Å²) in [5, 5.41) is 0. The molecular formula is C16H22O4.